The lowest BCUT2D eigenvalue weighted by atomic mass is 10.1. The largest absolute Gasteiger partial charge is 0.392 e. The van der Waals surface area contributed by atoms with Crippen molar-refractivity contribution in [3.63, 3.8) is 0 Å². The predicted octanol–water partition coefficient (Wildman–Crippen LogP) is 3.61. The quantitative estimate of drug-likeness (QED) is 0.215. The molecule has 4 aromatic rings. The van der Waals surface area contributed by atoms with Crippen molar-refractivity contribution in [3.05, 3.63) is 68.6 Å². The van der Waals surface area contributed by atoms with Gasteiger partial charge in [0.2, 0.25) is 0 Å². The SMILES string of the molecule is CCCn1c(=O)c2c(nc(-c3cnn(CC#Cc4cccc(CO)c4)c3)n2COCCC(C)C)n(CCC)c1=O. The van der Waals surface area contributed by atoms with Crippen LogP contribution in [0.3, 0.4) is 0 Å². The molecule has 0 radical (unpaired) electrons. The lowest BCUT2D eigenvalue weighted by Gasteiger charge is -2.12. The van der Waals surface area contributed by atoms with Crippen LogP contribution in [0.4, 0.5) is 0 Å². The van der Waals surface area contributed by atoms with Crippen LogP contribution in [-0.4, -0.2) is 40.2 Å². The normalized spacial score (nSPS) is 11.3. The van der Waals surface area contributed by atoms with Gasteiger partial charge >= 0.3 is 5.69 Å². The van der Waals surface area contributed by atoms with Gasteiger partial charge in [0.1, 0.15) is 19.1 Å². The van der Waals surface area contributed by atoms with Gasteiger partial charge in [0.15, 0.2) is 11.2 Å². The van der Waals surface area contributed by atoms with Crippen molar-refractivity contribution in [2.24, 2.45) is 5.92 Å². The van der Waals surface area contributed by atoms with Crippen LogP contribution >= 0.6 is 0 Å². The van der Waals surface area contributed by atoms with Gasteiger partial charge in [-0.05, 0) is 42.9 Å². The molecule has 1 aromatic carbocycles. The van der Waals surface area contributed by atoms with Crippen LogP contribution in [0.5, 0.6) is 0 Å². The third-order valence-corrected chi connectivity index (χ3v) is 6.54. The molecule has 10 heteroatoms. The van der Waals surface area contributed by atoms with Crippen molar-refractivity contribution in [2.75, 3.05) is 6.61 Å². The second-order valence-electron chi connectivity index (χ2n) is 10.2. The highest BCUT2D eigenvalue weighted by atomic mass is 16.5. The Morgan fingerprint density at radius 2 is 1.85 bits per heavy atom. The van der Waals surface area contributed by atoms with Gasteiger partial charge in [-0.25, -0.2) is 9.78 Å². The Balaban J connectivity index is 1.75. The van der Waals surface area contributed by atoms with E-state index in [0.29, 0.717) is 61.1 Å². The average molecular weight is 547 g/mol. The molecule has 0 unspecified atom stereocenters. The fraction of sp³-hybridized carbons (Fsp3) is 0.467. The van der Waals surface area contributed by atoms with Crippen LogP contribution in [-0.2, 0) is 37.7 Å². The number of ether oxygens (including phenoxy) is 1. The number of nitrogens with zero attached hydrogens (tertiary/aromatic N) is 6. The molecule has 0 spiro atoms. The lowest BCUT2D eigenvalue weighted by Crippen LogP contribution is -2.40. The Hall–Kier alpha value is -3.94. The molecule has 0 fully saturated rings. The molecule has 0 saturated heterocycles. The smallest absolute Gasteiger partial charge is 0.332 e. The zero-order valence-corrected chi connectivity index (χ0v) is 23.8. The van der Waals surface area contributed by atoms with E-state index in [0.717, 1.165) is 24.0 Å². The topological polar surface area (TPSA) is 109 Å². The van der Waals surface area contributed by atoms with Gasteiger partial charge < -0.3 is 9.84 Å². The zero-order chi connectivity index (χ0) is 28.6. The molecule has 40 heavy (non-hydrogen) atoms. The number of imidazole rings is 1. The number of aromatic nitrogens is 6. The molecule has 0 aliphatic heterocycles. The summed E-state index contributed by atoms with van der Waals surface area (Å²) in [5.41, 5.74) is 2.35. The molecule has 3 heterocycles. The summed E-state index contributed by atoms with van der Waals surface area (Å²) in [5, 5.41) is 13.8. The van der Waals surface area contributed by atoms with E-state index >= 15 is 0 Å². The summed E-state index contributed by atoms with van der Waals surface area (Å²) in [6.07, 6.45) is 5.80. The average Bonchev–Trinajstić information content (AvgIpc) is 3.56. The van der Waals surface area contributed by atoms with E-state index in [2.05, 4.69) is 30.8 Å². The number of benzene rings is 1. The summed E-state index contributed by atoms with van der Waals surface area (Å²) in [5.74, 6) is 7.22. The molecule has 0 aliphatic rings. The van der Waals surface area contributed by atoms with E-state index in [4.69, 9.17) is 9.72 Å². The predicted molar refractivity (Wildman–Crippen MR) is 155 cm³/mol. The highest BCUT2D eigenvalue weighted by Crippen LogP contribution is 2.23. The van der Waals surface area contributed by atoms with Crippen molar-refractivity contribution in [2.45, 2.75) is 79.9 Å². The molecule has 212 valence electrons. The molecule has 10 nitrogen and oxygen atoms in total. The molecule has 0 bridgehead atoms. The highest BCUT2D eigenvalue weighted by Gasteiger charge is 2.23. The lowest BCUT2D eigenvalue weighted by molar-refractivity contribution is 0.0724. The first-order chi connectivity index (χ1) is 19.4. The number of aliphatic hydroxyl groups excluding tert-OH is 1. The van der Waals surface area contributed by atoms with Crippen molar-refractivity contribution >= 4 is 11.2 Å². The zero-order valence-electron chi connectivity index (χ0n) is 23.8. The summed E-state index contributed by atoms with van der Waals surface area (Å²) in [7, 11) is 0. The van der Waals surface area contributed by atoms with E-state index in [-0.39, 0.29) is 24.6 Å². The fourth-order valence-corrected chi connectivity index (χ4v) is 4.49. The molecular formula is C30H38N6O4. The maximum absolute atomic E-state index is 13.6. The number of fused-ring (bicyclic) bond motifs is 1. The second kappa shape index (κ2) is 13.4. The number of hydrogen-bond acceptors (Lipinski definition) is 6. The van der Waals surface area contributed by atoms with Gasteiger partial charge in [-0.1, -0.05) is 51.7 Å². The summed E-state index contributed by atoms with van der Waals surface area (Å²) >= 11 is 0. The molecule has 0 amide bonds. The van der Waals surface area contributed by atoms with Gasteiger partial charge in [-0.3, -0.25) is 23.2 Å². The van der Waals surface area contributed by atoms with Crippen molar-refractivity contribution in [3.8, 4) is 23.2 Å². The summed E-state index contributed by atoms with van der Waals surface area (Å²) in [6, 6.07) is 7.45. The van der Waals surface area contributed by atoms with Crippen LogP contribution in [0.25, 0.3) is 22.6 Å². The number of aryl methyl sites for hydroxylation is 1. The van der Waals surface area contributed by atoms with E-state index < -0.39 is 0 Å². The van der Waals surface area contributed by atoms with Crippen LogP contribution in [0, 0.1) is 17.8 Å². The summed E-state index contributed by atoms with van der Waals surface area (Å²) in [4.78, 5) is 31.7. The molecule has 1 N–H and O–H groups in total. The number of aliphatic hydroxyl groups is 1. The maximum Gasteiger partial charge on any atom is 0.332 e. The summed E-state index contributed by atoms with van der Waals surface area (Å²) in [6.45, 7) is 9.99. The highest BCUT2D eigenvalue weighted by molar-refractivity contribution is 5.76. The molecule has 0 aliphatic carbocycles. The number of hydrogen-bond donors (Lipinski definition) is 1. The van der Waals surface area contributed by atoms with Crippen LogP contribution in [0.1, 0.15) is 58.1 Å². The van der Waals surface area contributed by atoms with Crippen LogP contribution < -0.4 is 11.2 Å². The van der Waals surface area contributed by atoms with Gasteiger partial charge in [-0.2, -0.15) is 5.10 Å². The summed E-state index contributed by atoms with van der Waals surface area (Å²) < 4.78 is 12.4. The van der Waals surface area contributed by atoms with E-state index in [1.165, 1.54) is 4.57 Å². The van der Waals surface area contributed by atoms with Crippen LogP contribution in [0.2, 0.25) is 0 Å². The molecule has 0 saturated carbocycles. The Morgan fingerprint density at radius 3 is 2.58 bits per heavy atom. The third kappa shape index (κ3) is 6.43. The molecule has 3 aromatic heterocycles. The Labute approximate surface area is 233 Å². The molecule has 4 rings (SSSR count). The minimum atomic E-state index is -0.358. The van der Waals surface area contributed by atoms with E-state index in [9.17, 15) is 14.7 Å². The Kier molecular flexibility index (Phi) is 9.74. The van der Waals surface area contributed by atoms with E-state index in [1.807, 2.05) is 44.3 Å². The standard InChI is InChI=1S/C30H38N6O4/c1-5-13-34-28-26(29(38)35(14-6-2)30(34)39)36(21-40-16-12-22(3)4)27(32-28)25-18-31-33(19-25)15-8-11-23-9-7-10-24(17-23)20-37/h7,9-10,17-19,22,37H,5-6,12-16,20-21H2,1-4H3. The fourth-order valence-electron chi connectivity index (χ4n) is 4.49. The van der Waals surface area contributed by atoms with Crippen molar-refractivity contribution in [1.82, 2.24) is 28.5 Å². The first-order valence-corrected chi connectivity index (χ1v) is 13.9. The van der Waals surface area contributed by atoms with Gasteiger partial charge in [0.25, 0.3) is 5.56 Å². The van der Waals surface area contributed by atoms with Crippen LogP contribution in [0.15, 0.2) is 46.2 Å². The minimum absolute atomic E-state index is 0.0319. The molecule has 0 atom stereocenters. The van der Waals surface area contributed by atoms with Gasteiger partial charge in [0.05, 0.1) is 18.4 Å². The Morgan fingerprint density at radius 1 is 1.07 bits per heavy atom. The maximum atomic E-state index is 13.6. The van der Waals surface area contributed by atoms with Crippen molar-refractivity contribution in [1.29, 1.82) is 0 Å². The molecular weight excluding hydrogens is 508 g/mol. The minimum Gasteiger partial charge on any atom is -0.392 e. The first kappa shape index (κ1) is 29.1. The third-order valence-electron chi connectivity index (χ3n) is 6.54. The number of rotatable bonds is 12. The van der Waals surface area contributed by atoms with Gasteiger partial charge in [-0.15, -0.1) is 0 Å². The van der Waals surface area contributed by atoms with Gasteiger partial charge in [0, 0.05) is 31.5 Å². The monoisotopic (exact) mass is 546 g/mol. The second-order valence-corrected chi connectivity index (χ2v) is 10.2. The first-order valence-electron chi connectivity index (χ1n) is 13.9. The Bertz CT molecular complexity index is 1630. The van der Waals surface area contributed by atoms with E-state index in [1.54, 1.807) is 20.0 Å². The van der Waals surface area contributed by atoms with Crippen molar-refractivity contribution < 1.29 is 9.84 Å².